The second-order valence-electron chi connectivity index (χ2n) is 2.90. The van der Waals surface area contributed by atoms with E-state index in [0.717, 1.165) is 11.3 Å². The number of nitrogens with two attached hydrogens (primary N) is 1. The van der Waals surface area contributed by atoms with Crippen molar-refractivity contribution in [3.63, 3.8) is 0 Å². The lowest BCUT2D eigenvalue weighted by Crippen LogP contribution is -2.03. The second kappa shape index (κ2) is 4.33. The average Bonchev–Trinajstić information content (AvgIpc) is 2.30. The summed E-state index contributed by atoms with van der Waals surface area (Å²) in [5.74, 6) is 0.590. The Balaban J connectivity index is 2.49. The molecular formula is C10H9ClN4. The first kappa shape index (κ1) is 10.0. The Hall–Kier alpha value is -1.52. The van der Waals surface area contributed by atoms with Crippen LogP contribution in [0.4, 0.5) is 0 Å². The summed E-state index contributed by atoms with van der Waals surface area (Å²) in [6, 6.07) is 5.45. The van der Waals surface area contributed by atoms with Crippen LogP contribution in [0.15, 0.2) is 30.6 Å². The Morgan fingerprint density at radius 2 is 2.07 bits per heavy atom. The summed E-state index contributed by atoms with van der Waals surface area (Å²) >= 11 is 5.95. The first-order chi connectivity index (χ1) is 7.31. The zero-order valence-electron chi connectivity index (χ0n) is 7.89. The molecule has 0 aliphatic carbocycles. The molecule has 4 nitrogen and oxygen atoms in total. The van der Waals surface area contributed by atoms with Gasteiger partial charge in [-0.05, 0) is 18.2 Å². The van der Waals surface area contributed by atoms with E-state index in [4.69, 9.17) is 17.3 Å². The van der Waals surface area contributed by atoms with Gasteiger partial charge in [0, 0.05) is 18.0 Å². The van der Waals surface area contributed by atoms with E-state index < -0.39 is 0 Å². The van der Waals surface area contributed by atoms with Crippen molar-refractivity contribution >= 4 is 11.6 Å². The Bertz CT molecular complexity index is 472. The van der Waals surface area contributed by atoms with Crippen molar-refractivity contribution in [1.82, 2.24) is 15.0 Å². The van der Waals surface area contributed by atoms with E-state index >= 15 is 0 Å². The predicted octanol–water partition coefficient (Wildman–Crippen LogP) is 1.65. The van der Waals surface area contributed by atoms with Gasteiger partial charge in [-0.25, -0.2) is 15.0 Å². The van der Waals surface area contributed by atoms with Crippen LogP contribution in [-0.2, 0) is 6.54 Å². The summed E-state index contributed by atoms with van der Waals surface area (Å²) in [6.07, 6.45) is 3.30. The molecule has 0 amide bonds. The molecule has 0 spiro atoms. The number of nitrogens with zero attached hydrogens (tertiary/aromatic N) is 3. The molecule has 0 fully saturated rings. The molecule has 2 aromatic heterocycles. The van der Waals surface area contributed by atoms with Crippen LogP contribution in [0, 0.1) is 0 Å². The quantitative estimate of drug-likeness (QED) is 0.782. The minimum atomic E-state index is 0.311. The highest BCUT2D eigenvalue weighted by Crippen LogP contribution is 2.23. The molecule has 0 bridgehead atoms. The van der Waals surface area contributed by atoms with Gasteiger partial charge >= 0.3 is 0 Å². The number of aromatic nitrogens is 3. The summed E-state index contributed by atoms with van der Waals surface area (Å²) in [5, 5.41) is 0.430. The van der Waals surface area contributed by atoms with E-state index in [1.165, 1.54) is 0 Å². The molecule has 0 saturated carbocycles. The maximum atomic E-state index is 5.95. The van der Waals surface area contributed by atoms with Crippen LogP contribution in [0.1, 0.15) is 5.82 Å². The molecule has 0 aromatic carbocycles. The van der Waals surface area contributed by atoms with Gasteiger partial charge < -0.3 is 5.73 Å². The predicted molar refractivity (Wildman–Crippen MR) is 58.2 cm³/mol. The Labute approximate surface area is 92.2 Å². The lowest BCUT2D eigenvalue weighted by molar-refractivity contribution is 0.912. The van der Waals surface area contributed by atoms with Crippen LogP contribution in [0.5, 0.6) is 0 Å². The smallest absolute Gasteiger partial charge is 0.142 e. The molecule has 0 unspecified atom stereocenters. The topological polar surface area (TPSA) is 64.7 Å². The largest absolute Gasteiger partial charge is 0.324 e. The summed E-state index contributed by atoms with van der Waals surface area (Å²) in [6.45, 7) is 0.311. The van der Waals surface area contributed by atoms with Gasteiger partial charge in [-0.15, -0.1) is 0 Å². The van der Waals surface area contributed by atoms with E-state index in [1.807, 2.05) is 12.1 Å². The lowest BCUT2D eigenvalue weighted by atomic mass is 10.2. The Morgan fingerprint density at radius 3 is 2.80 bits per heavy atom. The third kappa shape index (κ3) is 2.11. The van der Waals surface area contributed by atoms with Crippen molar-refractivity contribution in [3.05, 3.63) is 41.6 Å². The van der Waals surface area contributed by atoms with Crippen molar-refractivity contribution < 1.29 is 0 Å². The van der Waals surface area contributed by atoms with E-state index in [9.17, 15) is 0 Å². The summed E-state index contributed by atoms with van der Waals surface area (Å²) in [5.41, 5.74) is 6.99. The highest BCUT2D eigenvalue weighted by Gasteiger charge is 2.05. The fraction of sp³-hybridized carbons (Fsp3) is 0.100. The molecule has 2 heterocycles. The van der Waals surface area contributed by atoms with Gasteiger partial charge in [-0.2, -0.15) is 0 Å². The average molecular weight is 221 g/mol. The number of halogens is 1. The van der Waals surface area contributed by atoms with Gasteiger partial charge in [0.15, 0.2) is 0 Å². The van der Waals surface area contributed by atoms with Crippen LogP contribution in [0.3, 0.4) is 0 Å². The zero-order chi connectivity index (χ0) is 10.7. The SMILES string of the molecule is NCc1nccc(-c2cccnc2Cl)n1. The van der Waals surface area contributed by atoms with E-state index in [2.05, 4.69) is 15.0 Å². The van der Waals surface area contributed by atoms with E-state index in [1.54, 1.807) is 18.5 Å². The number of pyridine rings is 1. The van der Waals surface area contributed by atoms with Crippen LogP contribution in [-0.4, -0.2) is 15.0 Å². The molecule has 0 aliphatic rings. The molecule has 0 radical (unpaired) electrons. The fourth-order valence-electron chi connectivity index (χ4n) is 1.22. The van der Waals surface area contributed by atoms with Crippen LogP contribution >= 0.6 is 11.6 Å². The minimum absolute atomic E-state index is 0.311. The van der Waals surface area contributed by atoms with Crippen LogP contribution in [0.25, 0.3) is 11.3 Å². The summed E-state index contributed by atoms with van der Waals surface area (Å²) < 4.78 is 0. The normalized spacial score (nSPS) is 10.3. The molecule has 76 valence electrons. The Kier molecular flexibility index (Phi) is 2.89. The maximum Gasteiger partial charge on any atom is 0.142 e. The molecule has 2 rings (SSSR count). The Morgan fingerprint density at radius 1 is 1.20 bits per heavy atom. The second-order valence-corrected chi connectivity index (χ2v) is 3.26. The standard InChI is InChI=1S/C10H9ClN4/c11-10-7(2-1-4-14-10)8-3-5-13-9(6-12)15-8/h1-5H,6,12H2. The van der Waals surface area contributed by atoms with Gasteiger partial charge in [0.25, 0.3) is 0 Å². The van der Waals surface area contributed by atoms with Crippen molar-refractivity contribution in [1.29, 1.82) is 0 Å². The monoisotopic (exact) mass is 220 g/mol. The third-order valence-electron chi connectivity index (χ3n) is 1.92. The molecule has 2 aromatic rings. The van der Waals surface area contributed by atoms with Crippen molar-refractivity contribution in [2.24, 2.45) is 5.73 Å². The summed E-state index contributed by atoms with van der Waals surface area (Å²) in [4.78, 5) is 12.3. The molecule has 0 atom stereocenters. The molecule has 5 heteroatoms. The van der Waals surface area contributed by atoms with Crippen LogP contribution < -0.4 is 5.73 Å². The zero-order valence-corrected chi connectivity index (χ0v) is 8.65. The lowest BCUT2D eigenvalue weighted by Gasteiger charge is -2.03. The fourth-order valence-corrected chi connectivity index (χ4v) is 1.44. The number of hydrogen-bond acceptors (Lipinski definition) is 4. The molecular weight excluding hydrogens is 212 g/mol. The molecule has 0 aliphatic heterocycles. The third-order valence-corrected chi connectivity index (χ3v) is 2.22. The van der Waals surface area contributed by atoms with E-state index in [-0.39, 0.29) is 0 Å². The van der Waals surface area contributed by atoms with Crippen molar-refractivity contribution in [2.75, 3.05) is 0 Å². The van der Waals surface area contributed by atoms with Gasteiger partial charge in [-0.1, -0.05) is 11.6 Å². The maximum absolute atomic E-state index is 5.95. The van der Waals surface area contributed by atoms with Crippen molar-refractivity contribution in [2.45, 2.75) is 6.54 Å². The summed E-state index contributed by atoms with van der Waals surface area (Å²) in [7, 11) is 0. The number of hydrogen-bond donors (Lipinski definition) is 1. The molecule has 2 N–H and O–H groups in total. The van der Waals surface area contributed by atoms with Crippen LogP contribution in [0.2, 0.25) is 5.15 Å². The minimum Gasteiger partial charge on any atom is -0.324 e. The first-order valence-electron chi connectivity index (χ1n) is 4.44. The first-order valence-corrected chi connectivity index (χ1v) is 4.82. The van der Waals surface area contributed by atoms with Gasteiger partial charge in [0.05, 0.1) is 12.2 Å². The van der Waals surface area contributed by atoms with Gasteiger partial charge in [0.2, 0.25) is 0 Å². The number of rotatable bonds is 2. The molecule has 0 saturated heterocycles. The highest BCUT2D eigenvalue weighted by atomic mass is 35.5. The van der Waals surface area contributed by atoms with E-state index in [0.29, 0.717) is 17.5 Å². The highest BCUT2D eigenvalue weighted by molar-refractivity contribution is 6.31. The van der Waals surface area contributed by atoms with Crippen molar-refractivity contribution in [3.8, 4) is 11.3 Å². The van der Waals surface area contributed by atoms with Gasteiger partial charge in [-0.3, -0.25) is 0 Å². The molecule has 15 heavy (non-hydrogen) atoms. The van der Waals surface area contributed by atoms with Gasteiger partial charge in [0.1, 0.15) is 11.0 Å².